The molecule has 0 bridgehead atoms. The third kappa shape index (κ3) is 3.06. The van der Waals surface area contributed by atoms with E-state index >= 15 is 0 Å². The Morgan fingerprint density at radius 3 is 2.56 bits per heavy atom. The van der Waals surface area contributed by atoms with Crippen LogP contribution < -0.4 is 0 Å². The van der Waals surface area contributed by atoms with Crippen molar-refractivity contribution in [1.82, 2.24) is 4.90 Å². The van der Waals surface area contributed by atoms with E-state index in [1.165, 1.54) is 10.4 Å². The van der Waals surface area contributed by atoms with Crippen molar-refractivity contribution in [2.75, 3.05) is 14.1 Å². The molecule has 1 aromatic rings. The molecule has 4 heteroatoms. The Balaban J connectivity index is 2.92. The summed E-state index contributed by atoms with van der Waals surface area (Å²) < 4.78 is 0. The molecule has 0 radical (unpaired) electrons. The molecule has 1 aromatic heterocycles. The first kappa shape index (κ1) is 13.2. The second-order valence-electron chi connectivity index (χ2n) is 4.45. The molecule has 0 saturated heterocycles. The Morgan fingerprint density at radius 2 is 2.19 bits per heavy atom. The van der Waals surface area contributed by atoms with Crippen molar-refractivity contribution >= 4 is 17.3 Å². The lowest BCUT2D eigenvalue weighted by atomic mass is 9.94. The predicted octanol–water partition coefficient (Wildman–Crippen LogP) is 2.77. The third-order valence-corrected chi connectivity index (χ3v) is 3.85. The van der Waals surface area contributed by atoms with E-state index in [0.717, 1.165) is 0 Å². The number of thiophene rings is 1. The molecule has 1 heterocycles. The van der Waals surface area contributed by atoms with Gasteiger partial charge in [-0.3, -0.25) is 4.79 Å². The molecule has 0 spiro atoms. The molecule has 16 heavy (non-hydrogen) atoms. The highest BCUT2D eigenvalue weighted by atomic mass is 32.1. The largest absolute Gasteiger partial charge is 0.481 e. The highest BCUT2D eigenvalue weighted by Gasteiger charge is 2.25. The van der Waals surface area contributed by atoms with E-state index in [0.29, 0.717) is 0 Å². The molecule has 0 saturated carbocycles. The second kappa shape index (κ2) is 5.46. The molecular weight excluding hydrogens is 222 g/mol. The lowest BCUT2D eigenvalue weighted by Gasteiger charge is -2.29. The SMILES string of the molecule is Cc1ccsc1C(C(C)CC(=O)O)N(C)C. The lowest BCUT2D eigenvalue weighted by molar-refractivity contribution is -0.138. The van der Waals surface area contributed by atoms with Gasteiger partial charge in [0.05, 0.1) is 0 Å². The first-order valence-corrected chi connectivity index (χ1v) is 6.23. The van der Waals surface area contributed by atoms with Gasteiger partial charge in [0.25, 0.3) is 0 Å². The average molecular weight is 241 g/mol. The molecule has 0 aromatic carbocycles. The zero-order chi connectivity index (χ0) is 12.3. The maximum atomic E-state index is 10.8. The van der Waals surface area contributed by atoms with Crippen molar-refractivity contribution in [3.05, 3.63) is 21.9 Å². The minimum Gasteiger partial charge on any atom is -0.481 e. The van der Waals surface area contributed by atoms with E-state index in [4.69, 9.17) is 5.11 Å². The van der Waals surface area contributed by atoms with Crippen LogP contribution in [0.25, 0.3) is 0 Å². The van der Waals surface area contributed by atoms with Gasteiger partial charge in [-0.25, -0.2) is 0 Å². The van der Waals surface area contributed by atoms with Crippen molar-refractivity contribution in [3.8, 4) is 0 Å². The first-order valence-electron chi connectivity index (χ1n) is 5.35. The molecule has 3 nitrogen and oxygen atoms in total. The summed E-state index contributed by atoms with van der Waals surface area (Å²) in [5.74, 6) is -0.613. The van der Waals surface area contributed by atoms with Gasteiger partial charge in [0.2, 0.25) is 0 Å². The van der Waals surface area contributed by atoms with Crippen LogP contribution in [0.3, 0.4) is 0 Å². The summed E-state index contributed by atoms with van der Waals surface area (Å²) in [6.45, 7) is 4.08. The standard InChI is InChI=1S/C12H19NO2S/c1-8-5-6-16-12(8)11(13(3)4)9(2)7-10(14)15/h5-6,9,11H,7H2,1-4H3,(H,14,15). The minimum absolute atomic E-state index is 0.116. The monoisotopic (exact) mass is 241 g/mol. The number of aliphatic carboxylic acids is 1. The summed E-state index contributed by atoms with van der Waals surface area (Å²) in [6.07, 6.45) is 0.209. The Hall–Kier alpha value is -0.870. The number of aryl methyl sites for hydroxylation is 1. The summed E-state index contributed by atoms with van der Waals surface area (Å²) in [5, 5.41) is 10.9. The van der Waals surface area contributed by atoms with Gasteiger partial charge in [-0.15, -0.1) is 11.3 Å². The normalized spacial score (nSPS) is 15.1. The number of nitrogens with zero attached hydrogens (tertiary/aromatic N) is 1. The van der Waals surface area contributed by atoms with Gasteiger partial charge < -0.3 is 10.0 Å². The smallest absolute Gasteiger partial charge is 0.303 e. The number of carbonyl (C=O) groups is 1. The topological polar surface area (TPSA) is 40.5 Å². The molecule has 0 aliphatic rings. The van der Waals surface area contributed by atoms with Crippen LogP contribution >= 0.6 is 11.3 Å². The minimum atomic E-state index is -0.728. The lowest BCUT2D eigenvalue weighted by Crippen LogP contribution is -2.27. The Kier molecular flexibility index (Phi) is 4.50. The van der Waals surface area contributed by atoms with Crippen LogP contribution in [0.5, 0.6) is 0 Å². The Bertz CT molecular complexity index is 360. The van der Waals surface area contributed by atoms with Gasteiger partial charge in [-0.05, 0) is 43.9 Å². The molecule has 2 unspecified atom stereocenters. The van der Waals surface area contributed by atoms with Gasteiger partial charge in [-0.1, -0.05) is 6.92 Å². The van der Waals surface area contributed by atoms with Crippen LogP contribution in [-0.4, -0.2) is 30.1 Å². The van der Waals surface area contributed by atoms with E-state index in [9.17, 15) is 4.79 Å². The van der Waals surface area contributed by atoms with E-state index < -0.39 is 5.97 Å². The van der Waals surface area contributed by atoms with Crippen molar-refractivity contribution in [3.63, 3.8) is 0 Å². The third-order valence-electron chi connectivity index (χ3n) is 2.76. The highest BCUT2D eigenvalue weighted by molar-refractivity contribution is 7.10. The van der Waals surface area contributed by atoms with Crippen molar-refractivity contribution < 1.29 is 9.90 Å². The van der Waals surface area contributed by atoms with Crippen LogP contribution in [0.15, 0.2) is 11.4 Å². The molecule has 1 rings (SSSR count). The number of hydrogen-bond acceptors (Lipinski definition) is 3. The quantitative estimate of drug-likeness (QED) is 0.861. The number of hydrogen-bond donors (Lipinski definition) is 1. The Morgan fingerprint density at radius 1 is 1.56 bits per heavy atom. The molecule has 2 atom stereocenters. The van der Waals surface area contributed by atoms with Crippen molar-refractivity contribution in [1.29, 1.82) is 0 Å². The van der Waals surface area contributed by atoms with Crippen LogP contribution in [0.1, 0.15) is 29.8 Å². The van der Waals surface area contributed by atoms with E-state index in [-0.39, 0.29) is 18.4 Å². The van der Waals surface area contributed by atoms with Crippen LogP contribution in [0, 0.1) is 12.8 Å². The maximum absolute atomic E-state index is 10.8. The first-order chi connectivity index (χ1) is 7.43. The summed E-state index contributed by atoms with van der Waals surface area (Å²) in [6, 6.07) is 2.28. The van der Waals surface area contributed by atoms with E-state index in [2.05, 4.69) is 23.3 Å². The fraction of sp³-hybridized carbons (Fsp3) is 0.583. The van der Waals surface area contributed by atoms with Crippen LogP contribution in [0.4, 0.5) is 0 Å². The summed E-state index contributed by atoms with van der Waals surface area (Å²) in [7, 11) is 4.00. The molecule has 0 aliphatic heterocycles. The fourth-order valence-electron chi connectivity index (χ4n) is 2.08. The van der Waals surface area contributed by atoms with Gasteiger partial charge >= 0.3 is 5.97 Å². The summed E-state index contributed by atoms with van der Waals surface area (Å²) >= 11 is 1.71. The van der Waals surface area contributed by atoms with Gasteiger partial charge in [0, 0.05) is 17.3 Å². The summed E-state index contributed by atoms with van der Waals surface area (Å²) in [5.41, 5.74) is 1.25. The molecule has 1 N–H and O–H groups in total. The van der Waals surface area contributed by atoms with Crippen molar-refractivity contribution in [2.45, 2.75) is 26.3 Å². The highest BCUT2D eigenvalue weighted by Crippen LogP contribution is 2.34. The zero-order valence-corrected chi connectivity index (χ0v) is 11.0. The molecular formula is C12H19NO2S. The number of rotatable bonds is 5. The molecule has 0 aliphatic carbocycles. The van der Waals surface area contributed by atoms with E-state index in [1.807, 2.05) is 21.0 Å². The summed E-state index contributed by atoms with van der Waals surface area (Å²) in [4.78, 5) is 14.2. The average Bonchev–Trinajstić information content (AvgIpc) is 2.50. The Labute approximate surface area is 101 Å². The van der Waals surface area contributed by atoms with Gasteiger partial charge in [0.1, 0.15) is 0 Å². The van der Waals surface area contributed by atoms with Gasteiger partial charge in [-0.2, -0.15) is 0 Å². The fourth-order valence-corrected chi connectivity index (χ4v) is 3.33. The number of carboxylic acid groups (broad SMARTS) is 1. The van der Waals surface area contributed by atoms with Crippen LogP contribution in [0.2, 0.25) is 0 Å². The zero-order valence-electron chi connectivity index (χ0n) is 10.2. The second-order valence-corrected chi connectivity index (χ2v) is 5.40. The predicted molar refractivity (Wildman–Crippen MR) is 66.9 cm³/mol. The molecule has 0 fully saturated rings. The van der Waals surface area contributed by atoms with Crippen LogP contribution in [-0.2, 0) is 4.79 Å². The van der Waals surface area contributed by atoms with Gasteiger partial charge in [0.15, 0.2) is 0 Å². The molecule has 90 valence electrons. The van der Waals surface area contributed by atoms with Crippen molar-refractivity contribution in [2.24, 2.45) is 5.92 Å². The van der Waals surface area contributed by atoms with E-state index in [1.54, 1.807) is 11.3 Å². The number of carboxylic acids is 1. The molecule has 0 amide bonds. The maximum Gasteiger partial charge on any atom is 0.303 e.